The summed E-state index contributed by atoms with van der Waals surface area (Å²) in [5.74, 6) is 0.942. The predicted molar refractivity (Wildman–Crippen MR) is 65.4 cm³/mol. The Kier molecular flexibility index (Phi) is 2.38. The van der Waals surface area contributed by atoms with Crippen molar-refractivity contribution in [3.8, 4) is 0 Å². The average Bonchev–Trinajstić information content (AvgIpc) is 2.84. The molecule has 1 N–H and O–H groups in total. The molecule has 2 nitrogen and oxygen atoms in total. The molecule has 0 aromatic carbocycles. The largest absolute Gasteiger partial charge is 0.380 e. The third-order valence-corrected chi connectivity index (χ3v) is 6.16. The fraction of sp³-hybridized carbons (Fsp3) is 1.00. The van der Waals surface area contributed by atoms with E-state index >= 15 is 0 Å². The lowest BCUT2D eigenvalue weighted by Crippen LogP contribution is -2.48. The van der Waals surface area contributed by atoms with Gasteiger partial charge in [0, 0.05) is 18.7 Å². The van der Waals surface area contributed by atoms with Crippen molar-refractivity contribution in [3.63, 3.8) is 0 Å². The van der Waals surface area contributed by atoms with E-state index < -0.39 is 0 Å². The second-order valence-corrected chi connectivity index (χ2v) is 6.89. The molecule has 0 aromatic heterocycles. The minimum Gasteiger partial charge on any atom is -0.380 e. The fourth-order valence-corrected chi connectivity index (χ4v) is 4.41. The predicted octanol–water partition coefficient (Wildman–Crippen LogP) is 2.58. The van der Waals surface area contributed by atoms with Crippen molar-refractivity contribution in [2.45, 2.75) is 58.5 Å². The first-order valence-corrected chi connectivity index (χ1v) is 6.88. The standard InChI is InChI=1S/C14H25NO/c1-13(2)10-4-6-14(13,3)12(8-10)15-11-5-7-16-9-11/h10-12,15H,4-9H2,1-3H3/t10-,11?,12?,14+/m0/s1. The molecule has 16 heavy (non-hydrogen) atoms. The molecule has 3 aliphatic rings. The number of rotatable bonds is 2. The van der Waals surface area contributed by atoms with Gasteiger partial charge in [-0.2, -0.15) is 0 Å². The van der Waals surface area contributed by atoms with E-state index in [1.165, 1.54) is 25.7 Å². The van der Waals surface area contributed by atoms with Crippen LogP contribution in [0, 0.1) is 16.7 Å². The molecule has 2 unspecified atom stereocenters. The van der Waals surface area contributed by atoms with E-state index in [1.54, 1.807) is 0 Å². The van der Waals surface area contributed by atoms with Gasteiger partial charge in [0.25, 0.3) is 0 Å². The van der Waals surface area contributed by atoms with E-state index in [2.05, 4.69) is 26.1 Å². The third-order valence-electron chi connectivity index (χ3n) is 6.16. The number of fused-ring (bicyclic) bond motifs is 2. The molecule has 1 saturated heterocycles. The van der Waals surface area contributed by atoms with Crippen molar-refractivity contribution in [1.29, 1.82) is 0 Å². The van der Waals surface area contributed by atoms with E-state index in [4.69, 9.17) is 4.74 Å². The number of hydrogen-bond donors (Lipinski definition) is 1. The molecule has 0 aromatic rings. The number of hydrogen-bond acceptors (Lipinski definition) is 2. The Morgan fingerprint density at radius 1 is 1.19 bits per heavy atom. The first-order chi connectivity index (χ1) is 7.54. The summed E-state index contributed by atoms with van der Waals surface area (Å²) < 4.78 is 5.47. The van der Waals surface area contributed by atoms with Crippen molar-refractivity contribution in [2.24, 2.45) is 16.7 Å². The molecule has 0 radical (unpaired) electrons. The summed E-state index contributed by atoms with van der Waals surface area (Å²) in [6, 6.07) is 1.35. The van der Waals surface area contributed by atoms with Crippen molar-refractivity contribution >= 4 is 0 Å². The maximum atomic E-state index is 5.47. The molecule has 1 aliphatic heterocycles. The van der Waals surface area contributed by atoms with Gasteiger partial charge in [0.05, 0.1) is 6.61 Å². The quantitative estimate of drug-likeness (QED) is 0.777. The molecule has 0 amide bonds. The van der Waals surface area contributed by atoms with E-state index in [-0.39, 0.29) is 0 Å². The van der Waals surface area contributed by atoms with Crippen molar-refractivity contribution in [2.75, 3.05) is 13.2 Å². The Labute approximate surface area is 99.1 Å². The van der Waals surface area contributed by atoms with Gasteiger partial charge in [0.15, 0.2) is 0 Å². The van der Waals surface area contributed by atoms with Crippen LogP contribution in [-0.4, -0.2) is 25.3 Å². The van der Waals surface area contributed by atoms with Gasteiger partial charge in [-0.25, -0.2) is 0 Å². The molecule has 3 rings (SSSR count). The first kappa shape index (κ1) is 11.0. The summed E-state index contributed by atoms with van der Waals surface area (Å²) in [5.41, 5.74) is 1.05. The molecule has 1 heterocycles. The highest BCUT2D eigenvalue weighted by Gasteiger charge is 2.61. The van der Waals surface area contributed by atoms with Crippen LogP contribution in [0.4, 0.5) is 0 Å². The molecule has 92 valence electrons. The Morgan fingerprint density at radius 3 is 2.50 bits per heavy atom. The number of ether oxygens (including phenoxy) is 1. The SMILES string of the molecule is CC1(C)[C@H]2CC[C@]1(C)C(NC1CCOC1)C2. The van der Waals surface area contributed by atoms with Crippen LogP contribution in [0.15, 0.2) is 0 Å². The summed E-state index contributed by atoms with van der Waals surface area (Å²) >= 11 is 0. The summed E-state index contributed by atoms with van der Waals surface area (Å²) in [5, 5.41) is 3.88. The highest BCUT2D eigenvalue weighted by atomic mass is 16.5. The van der Waals surface area contributed by atoms with Crippen molar-refractivity contribution < 1.29 is 4.74 Å². The van der Waals surface area contributed by atoms with Gasteiger partial charge in [0.1, 0.15) is 0 Å². The lowest BCUT2D eigenvalue weighted by molar-refractivity contribution is 0.112. The summed E-state index contributed by atoms with van der Waals surface area (Å²) in [7, 11) is 0. The van der Waals surface area contributed by atoms with Crippen molar-refractivity contribution in [3.05, 3.63) is 0 Å². The fourth-order valence-electron chi connectivity index (χ4n) is 4.41. The topological polar surface area (TPSA) is 21.3 Å². The molecule has 2 bridgehead atoms. The molecule has 2 aliphatic carbocycles. The second-order valence-electron chi connectivity index (χ2n) is 6.89. The van der Waals surface area contributed by atoms with E-state index in [1.807, 2.05) is 0 Å². The molecule has 4 atom stereocenters. The van der Waals surface area contributed by atoms with Crippen molar-refractivity contribution in [1.82, 2.24) is 5.32 Å². The Balaban J connectivity index is 1.74. The minimum absolute atomic E-state index is 0.514. The van der Waals surface area contributed by atoms with Crippen LogP contribution in [0.1, 0.15) is 46.5 Å². The zero-order valence-corrected chi connectivity index (χ0v) is 10.9. The van der Waals surface area contributed by atoms with Gasteiger partial charge in [-0.15, -0.1) is 0 Å². The number of nitrogens with one attached hydrogen (secondary N) is 1. The van der Waals surface area contributed by atoms with E-state index in [0.717, 1.165) is 25.2 Å². The van der Waals surface area contributed by atoms with Gasteiger partial charge in [-0.1, -0.05) is 20.8 Å². The Bertz CT molecular complexity index is 282. The summed E-state index contributed by atoms with van der Waals surface area (Å²) in [6.45, 7) is 9.36. The van der Waals surface area contributed by atoms with E-state index in [9.17, 15) is 0 Å². The van der Waals surface area contributed by atoms with Crippen LogP contribution in [0.2, 0.25) is 0 Å². The van der Waals surface area contributed by atoms with Crippen LogP contribution >= 0.6 is 0 Å². The third kappa shape index (κ3) is 1.32. The van der Waals surface area contributed by atoms with Gasteiger partial charge in [-0.3, -0.25) is 0 Å². The second kappa shape index (κ2) is 3.46. The Morgan fingerprint density at radius 2 is 2.00 bits per heavy atom. The molecular weight excluding hydrogens is 198 g/mol. The van der Waals surface area contributed by atoms with E-state index in [0.29, 0.717) is 16.9 Å². The highest BCUT2D eigenvalue weighted by Crippen LogP contribution is 2.65. The lowest BCUT2D eigenvalue weighted by Gasteiger charge is -2.40. The highest BCUT2D eigenvalue weighted by molar-refractivity contribution is 5.13. The van der Waals surface area contributed by atoms with Gasteiger partial charge in [-0.05, 0) is 42.4 Å². The summed E-state index contributed by atoms with van der Waals surface area (Å²) in [6.07, 6.45) is 5.45. The lowest BCUT2D eigenvalue weighted by atomic mass is 9.69. The van der Waals surface area contributed by atoms with Gasteiger partial charge in [0.2, 0.25) is 0 Å². The Hall–Kier alpha value is -0.0800. The zero-order valence-electron chi connectivity index (χ0n) is 10.9. The monoisotopic (exact) mass is 223 g/mol. The molecular formula is C14H25NO. The normalized spacial score (nSPS) is 50.1. The molecule has 3 fully saturated rings. The maximum absolute atomic E-state index is 5.47. The first-order valence-electron chi connectivity index (χ1n) is 6.88. The van der Waals surface area contributed by atoms with Crippen LogP contribution < -0.4 is 5.32 Å². The van der Waals surface area contributed by atoms with Crippen LogP contribution in [0.5, 0.6) is 0 Å². The van der Waals surface area contributed by atoms with Crippen LogP contribution in [0.25, 0.3) is 0 Å². The van der Waals surface area contributed by atoms with Crippen LogP contribution in [0.3, 0.4) is 0 Å². The average molecular weight is 223 g/mol. The minimum atomic E-state index is 0.514. The summed E-state index contributed by atoms with van der Waals surface area (Å²) in [4.78, 5) is 0. The van der Waals surface area contributed by atoms with Crippen LogP contribution in [-0.2, 0) is 4.74 Å². The van der Waals surface area contributed by atoms with Gasteiger partial charge < -0.3 is 10.1 Å². The smallest absolute Gasteiger partial charge is 0.0620 e. The molecule has 2 saturated carbocycles. The molecule has 2 heteroatoms. The zero-order chi connectivity index (χ0) is 11.4. The molecule has 0 spiro atoms. The maximum Gasteiger partial charge on any atom is 0.0620 e. The van der Waals surface area contributed by atoms with Gasteiger partial charge >= 0.3 is 0 Å².